The summed E-state index contributed by atoms with van der Waals surface area (Å²) in [5.74, 6) is 3.38. The van der Waals surface area contributed by atoms with E-state index in [4.69, 9.17) is 11.2 Å². The zero-order valence-electron chi connectivity index (χ0n) is 12.0. The molecule has 0 bridgehead atoms. The van der Waals surface area contributed by atoms with Crippen molar-refractivity contribution in [3.63, 3.8) is 0 Å². The molecule has 0 aliphatic carbocycles. The Kier molecular flexibility index (Phi) is 6.14. The Bertz CT molecular complexity index is 287. The van der Waals surface area contributed by atoms with Crippen LogP contribution in [-0.2, 0) is 4.74 Å². The van der Waals surface area contributed by atoms with E-state index in [1.807, 2.05) is 13.8 Å². The predicted molar refractivity (Wildman–Crippen MR) is 74.3 cm³/mol. The molecule has 1 aliphatic heterocycles. The summed E-state index contributed by atoms with van der Waals surface area (Å²) in [5, 5.41) is 10.0. The lowest BCUT2D eigenvalue weighted by Gasteiger charge is -2.33. The van der Waals surface area contributed by atoms with E-state index in [9.17, 15) is 5.11 Å². The maximum Gasteiger partial charge on any atom is 0.125 e. The molecular weight excluding hydrogens is 226 g/mol. The van der Waals surface area contributed by atoms with Crippen LogP contribution < -0.4 is 0 Å². The fraction of sp³-hybridized carbons (Fsp3) is 0.867. The minimum atomic E-state index is -0.545. The monoisotopic (exact) mass is 253 g/mol. The molecule has 18 heavy (non-hydrogen) atoms. The first-order valence-corrected chi connectivity index (χ1v) is 7.01. The van der Waals surface area contributed by atoms with Crippen LogP contribution in [0.1, 0.15) is 40.0 Å². The molecule has 3 atom stereocenters. The number of piperidine rings is 1. The zero-order valence-corrected chi connectivity index (χ0v) is 12.0. The van der Waals surface area contributed by atoms with Crippen LogP contribution >= 0.6 is 0 Å². The van der Waals surface area contributed by atoms with Crippen molar-refractivity contribution >= 4 is 0 Å². The van der Waals surface area contributed by atoms with Crippen LogP contribution in [0.4, 0.5) is 0 Å². The van der Waals surface area contributed by atoms with Crippen LogP contribution in [0.2, 0.25) is 0 Å². The fourth-order valence-corrected chi connectivity index (χ4v) is 2.33. The van der Waals surface area contributed by atoms with Gasteiger partial charge in [-0.05, 0) is 38.6 Å². The van der Waals surface area contributed by atoms with Crippen LogP contribution in [0.25, 0.3) is 0 Å². The molecule has 1 saturated heterocycles. The second-order valence-electron chi connectivity index (χ2n) is 5.70. The Balaban J connectivity index is 2.29. The van der Waals surface area contributed by atoms with E-state index in [-0.39, 0.29) is 0 Å². The van der Waals surface area contributed by atoms with Gasteiger partial charge in [0.05, 0.1) is 12.7 Å². The van der Waals surface area contributed by atoms with E-state index in [0.29, 0.717) is 13.2 Å². The molecule has 0 spiro atoms. The highest BCUT2D eigenvalue weighted by atomic mass is 16.5. The lowest BCUT2D eigenvalue weighted by Crippen LogP contribution is -2.42. The van der Waals surface area contributed by atoms with Gasteiger partial charge in [-0.15, -0.1) is 6.42 Å². The van der Waals surface area contributed by atoms with Gasteiger partial charge in [-0.3, -0.25) is 0 Å². The molecule has 1 N–H and O–H groups in total. The zero-order chi connectivity index (χ0) is 13.6. The molecule has 0 unspecified atom stereocenters. The van der Waals surface area contributed by atoms with Gasteiger partial charge in [-0.25, -0.2) is 0 Å². The molecule has 0 amide bonds. The van der Waals surface area contributed by atoms with Crippen molar-refractivity contribution in [1.82, 2.24) is 4.90 Å². The lowest BCUT2D eigenvalue weighted by atomic mass is 10.00. The topological polar surface area (TPSA) is 32.7 Å². The first-order valence-electron chi connectivity index (χ1n) is 7.01. The minimum absolute atomic E-state index is 0.319. The number of hydrogen-bond acceptors (Lipinski definition) is 3. The molecule has 1 rings (SSSR count). The molecule has 1 aliphatic rings. The van der Waals surface area contributed by atoms with Crippen molar-refractivity contribution in [1.29, 1.82) is 0 Å². The van der Waals surface area contributed by atoms with Crippen LogP contribution in [0.15, 0.2) is 0 Å². The number of hydrogen-bond donors (Lipinski definition) is 1. The number of aliphatic hydroxyl groups excluding tert-OH is 1. The van der Waals surface area contributed by atoms with E-state index in [1.54, 1.807) is 0 Å². The third-order valence-electron chi connectivity index (χ3n) is 3.78. The van der Waals surface area contributed by atoms with Gasteiger partial charge in [0, 0.05) is 13.1 Å². The van der Waals surface area contributed by atoms with Gasteiger partial charge in [0.1, 0.15) is 5.60 Å². The summed E-state index contributed by atoms with van der Waals surface area (Å²) in [6.07, 6.45) is 8.28. The van der Waals surface area contributed by atoms with Gasteiger partial charge < -0.3 is 14.7 Å². The van der Waals surface area contributed by atoms with Gasteiger partial charge in [-0.1, -0.05) is 19.8 Å². The van der Waals surface area contributed by atoms with Gasteiger partial charge in [-0.2, -0.15) is 0 Å². The minimum Gasteiger partial charge on any atom is -0.389 e. The number of β-amino-alcohol motifs (C(OH)–C–C–N with tert-alkyl or cyclic N) is 1. The Labute approximate surface area is 112 Å². The third kappa shape index (κ3) is 4.97. The van der Waals surface area contributed by atoms with Crippen LogP contribution in [-0.4, -0.2) is 48.0 Å². The van der Waals surface area contributed by atoms with Crippen molar-refractivity contribution < 1.29 is 9.84 Å². The summed E-state index contributed by atoms with van der Waals surface area (Å²) in [4.78, 5) is 2.32. The standard InChI is InChI=1S/C15H27NO2/c1-5-15(4,6-2)18-12-14(17)11-16-9-7-8-13(3)10-16/h1,13-14,17H,6-12H2,2-4H3/t13-,14-,15-/m0/s1. The predicted octanol–water partition coefficient (Wildman–Crippen LogP) is 1.90. The van der Waals surface area contributed by atoms with Crippen molar-refractivity contribution in [2.24, 2.45) is 5.92 Å². The Morgan fingerprint density at radius 3 is 2.89 bits per heavy atom. The van der Waals surface area contributed by atoms with Crippen molar-refractivity contribution in [3.05, 3.63) is 0 Å². The lowest BCUT2D eigenvalue weighted by molar-refractivity contribution is -0.0494. The molecule has 3 heteroatoms. The molecule has 3 nitrogen and oxygen atoms in total. The quantitative estimate of drug-likeness (QED) is 0.734. The van der Waals surface area contributed by atoms with Crippen molar-refractivity contribution in [2.75, 3.05) is 26.2 Å². The Morgan fingerprint density at radius 1 is 1.61 bits per heavy atom. The largest absolute Gasteiger partial charge is 0.389 e. The Morgan fingerprint density at radius 2 is 2.33 bits per heavy atom. The molecule has 0 radical (unpaired) electrons. The highest BCUT2D eigenvalue weighted by molar-refractivity contribution is 5.05. The summed E-state index contributed by atoms with van der Waals surface area (Å²) in [5.41, 5.74) is -0.545. The first-order chi connectivity index (χ1) is 8.49. The first kappa shape index (κ1) is 15.5. The van der Waals surface area contributed by atoms with E-state index in [1.165, 1.54) is 12.8 Å². The van der Waals surface area contributed by atoms with Crippen molar-refractivity contribution in [2.45, 2.75) is 51.7 Å². The molecule has 0 saturated carbocycles. The number of likely N-dealkylation sites (tertiary alicyclic amines) is 1. The van der Waals surface area contributed by atoms with Gasteiger partial charge in [0.2, 0.25) is 0 Å². The van der Waals surface area contributed by atoms with E-state index >= 15 is 0 Å². The molecule has 0 aromatic heterocycles. The summed E-state index contributed by atoms with van der Waals surface area (Å²) in [6, 6.07) is 0. The highest BCUT2D eigenvalue weighted by Crippen LogP contribution is 2.17. The van der Waals surface area contributed by atoms with Gasteiger partial charge in [0.15, 0.2) is 0 Å². The maximum absolute atomic E-state index is 10.0. The molecule has 0 aromatic carbocycles. The third-order valence-corrected chi connectivity index (χ3v) is 3.78. The average Bonchev–Trinajstić information content (AvgIpc) is 2.36. The van der Waals surface area contributed by atoms with Gasteiger partial charge in [0.25, 0.3) is 0 Å². The molecule has 1 fully saturated rings. The molecule has 0 aromatic rings. The normalized spacial score (nSPS) is 26.3. The number of aliphatic hydroxyl groups is 1. The average molecular weight is 253 g/mol. The maximum atomic E-state index is 10.0. The summed E-state index contributed by atoms with van der Waals surface area (Å²) >= 11 is 0. The number of ether oxygens (including phenoxy) is 1. The fourth-order valence-electron chi connectivity index (χ4n) is 2.33. The second kappa shape index (κ2) is 7.13. The van der Waals surface area contributed by atoms with E-state index < -0.39 is 11.7 Å². The summed E-state index contributed by atoms with van der Waals surface area (Å²) in [7, 11) is 0. The molecule has 1 heterocycles. The smallest absolute Gasteiger partial charge is 0.125 e. The van der Waals surface area contributed by atoms with E-state index in [2.05, 4.69) is 17.7 Å². The highest BCUT2D eigenvalue weighted by Gasteiger charge is 2.23. The summed E-state index contributed by atoms with van der Waals surface area (Å²) in [6.45, 7) is 9.33. The Hall–Kier alpha value is -0.560. The van der Waals surface area contributed by atoms with Crippen molar-refractivity contribution in [3.8, 4) is 12.3 Å². The summed E-state index contributed by atoms with van der Waals surface area (Å²) < 4.78 is 5.65. The number of rotatable bonds is 6. The van der Waals surface area contributed by atoms with E-state index in [0.717, 1.165) is 25.4 Å². The number of nitrogens with zero attached hydrogens (tertiary/aromatic N) is 1. The van der Waals surface area contributed by atoms with Crippen LogP contribution in [0.3, 0.4) is 0 Å². The van der Waals surface area contributed by atoms with Crippen LogP contribution in [0.5, 0.6) is 0 Å². The molecular formula is C15H27NO2. The number of terminal acetylenes is 1. The van der Waals surface area contributed by atoms with Gasteiger partial charge >= 0.3 is 0 Å². The second-order valence-corrected chi connectivity index (χ2v) is 5.70. The SMILES string of the molecule is C#C[C@@](C)(CC)OC[C@@H](O)CN1CCC[C@H](C)C1. The molecule has 104 valence electrons. The van der Waals surface area contributed by atoms with Crippen LogP contribution in [0, 0.1) is 18.3 Å².